The molecule has 2 saturated heterocycles. The Balaban J connectivity index is 1.23. The standard InChI is InChI=1S/C29H32O6/c1-30-12-13-31-29-16-23(14-21-3-8-25(9-4-21)32-17-27-19-34-27)2-7-24(29)15-22-5-10-26(11-6-22)33-18-28-20-35-28/h2-11,16,27-28H,12-15,17-20H2,1H3. The molecule has 2 heterocycles. The minimum absolute atomic E-state index is 0.258. The van der Waals surface area contributed by atoms with Crippen molar-refractivity contribution in [3.05, 3.63) is 89.0 Å². The molecule has 6 heteroatoms. The van der Waals surface area contributed by atoms with E-state index in [1.165, 1.54) is 16.7 Å². The van der Waals surface area contributed by atoms with Gasteiger partial charge in [0, 0.05) is 13.5 Å². The lowest BCUT2D eigenvalue weighted by atomic mass is 9.99. The zero-order chi connectivity index (χ0) is 23.9. The maximum Gasteiger partial charge on any atom is 0.123 e. The van der Waals surface area contributed by atoms with Crippen LogP contribution >= 0.6 is 0 Å². The molecule has 0 aromatic heterocycles. The molecular formula is C29H32O6. The third-order valence-corrected chi connectivity index (χ3v) is 6.00. The number of ether oxygens (including phenoxy) is 6. The topological polar surface area (TPSA) is 62.0 Å². The van der Waals surface area contributed by atoms with Crippen molar-refractivity contribution in [1.82, 2.24) is 0 Å². The quantitative estimate of drug-likeness (QED) is 0.253. The van der Waals surface area contributed by atoms with Crippen molar-refractivity contribution < 1.29 is 28.4 Å². The Morgan fingerprint density at radius 3 is 1.74 bits per heavy atom. The second kappa shape index (κ2) is 11.6. The SMILES string of the molecule is COCCOc1cc(Cc2ccc(OCC3CO3)cc2)ccc1Cc1ccc(OCC2CO2)cc1. The van der Waals surface area contributed by atoms with Gasteiger partial charge < -0.3 is 28.4 Å². The zero-order valence-corrected chi connectivity index (χ0v) is 20.1. The molecule has 0 N–H and O–H groups in total. The summed E-state index contributed by atoms with van der Waals surface area (Å²) in [7, 11) is 1.69. The smallest absolute Gasteiger partial charge is 0.123 e. The lowest BCUT2D eigenvalue weighted by Gasteiger charge is -2.14. The first-order valence-electron chi connectivity index (χ1n) is 12.2. The van der Waals surface area contributed by atoms with Crippen molar-refractivity contribution in [2.75, 3.05) is 46.8 Å². The fourth-order valence-corrected chi connectivity index (χ4v) is 3.79. The number of methoxy groups -OCH3 is 1. The van der Waals surface area contributed by atoms with Gasteiger partial charge in [0.05, 0.1) is 19.8 Å². The van der Waals surface area contributed by atoms with Gasteiger partial charge in [-0.25, -0.2) is 0 Å². The molecule has 2 unspecified atom stereocenters. The number of hydrogen-bond donors (Lipinski definition) is 0. The molecule has 2 aliphatic rings. The summed E-state index contributed by atoms with van der Waals surface area (Å²) in [6.45, 7) is 3.90. The van der Waals surface area contributed by atoms with Crippen LogP contribution in [0.5, 0.6) is 17.2 Å². The molecule has 2 atom stereocenters. The third-order valence-electron chi connectivity index (χ3n) is 6.00. The van der Waals surface area contributed by atoms with E-state index in [0.29, 0.717) is 26.4 Å². The van der Waals surface area contributed by atoms with Gasteiger partial charge in [0.25, 0.3) is 0 Å². The molecule has 0 bridgehead atoms. The van der Waals surface area contributed by atoms with Crippen molar-refractivity contribution >= 4 is 0 Å². The van der Waals surface area contributed by atoms with Gasteiger partial charge in [-0.2, -0.15) is 0 Å². The van der Waals surface area contributed by atoms with E-state index in [4.69, 9.17) is 28.4 Å². The molecule has 0 saturated carbocycles. The van der Waals surface area contributed by atoms with Crippen LogP contribution in [-0.4, -0.2) is 59.0 Å². The Kier molecular flexibility index (Phi) is 7.83. The summed E-state index contributed by atoms with van der Waals surface area (Å²) >= 11 is 0. The number of benzene rings is 3. The Morgan fingerprint density at radius 2 is 1.20 bits per heavy atom. The summed E-state index contributed by atoms with van der Waals surface area (Å²) in [5, 5.41) is 0. The van der Waals surface area contributed by atoms with Gasteiger partial charge in [0.15, 0.2) is 0 Å². The summed E-state index contributed by atoms with van der Waals surface area (Å²) in [5.41, 5.74) is 4.78. The van der Waals surface area contributed by atoms with Crippen LogP contribution in [0.15, 0.2) is 66.7 Å². The molecule has 0 radical (unpaired) electrons. The first-order chi connectivity index (χ1) is 17.2. The van der Waals surface area contributed by atoms with Crippen LogP contribution in [0.25, 0.3) is 0 Å². The van der Waals surface area contributed by atoms with Gasteiger partial charge in [-0.05, 0) is 59.0 Å². The van der Waals surface area contributed by atoms with Gasteiger partial charge in [-0.1, -0.05) is 36.4 Å². The Bertz CT molecular complexity index is 1070. The highest BCUT2D eigenvalue weighted by molar-refractivity contribution is 5.43. The van der Waals surface area contributed by atoms with Crippen LogP contribution in [0.4, 0.5) is 0 Å². The molecule has 3 aromatic rings. The normalized spacial score (nSPS) is 18.2. The monoisotopic (exact) mass is 476 g/mol. The maximum atomic E-state index is 6.11. The molecular weight excluding hydrogens is 444 g/mol. The first-order valence-corrected chi connectivity index (χ1v) is 12.2. The van der Waals surface area contributed by atoms with Gasteiger partial charge in [0.2, 0.25) is 0 Å². The largest absolute Gasteiger partial charge is 0.491 e. The van der Waals surface area contributed by atoms with E-state index in [1.807, 2.05) is 24.3 Å². The molecule has 0 spiro atoms. The van der Waals surface area contributed by atoms with Crippen LogP contribution in [0.2, 0.25) is 0 Å². The van der Waals surface area contributed by atoms with Crippen LogP contribution in [0.1, 0.15) is 22.3 Å². The zero-order valence-electron chi connectivity index (χ0n) is 20.1. The highest BCUT2D eigenvalue weighted by Crippen LogP contribution is 2.27. The van der Waals surface area contributed by atoms with Gasteiger partial charge in [-0.3, -0.25) is 0 Å². The van der Waals surface area contributed by atoms with Crippen LogP contribution in [-0.2, 0) is 27.1 Å². The summed E-state index contributed by atoms with van der Waals surface area (Å²) in [5.74, 6) is 2.64. The molecule has 3 aromatic carbocycles. The minimum atomic E-state index is 0.258. The molecule has 184 valence electrons. The highest BCUT2D eigenvalue weighted by atomic mass is 16.6. The Hall–Kier alpha value is -3.06. The van der Waals surface area contributed by atoms with Crippen molar-refractivity contribution in [3.8, 4) is 17.2 Å². The van der Waals surface area contributed by atoms with Gasteiger partial charge >= 0.3 is 0 Å². The second-order valence-electron chi connectivity index (χ2n) is 8.96. The summed E-state index contributed by atoms with van der Waals surface area (Å²) in [6.07, 6.45) is 2.13. The van der Waals surface area contributed by atoms with E-state index in [0.717, 1.165) is 48.9 Å². The number of epoxide rings is 2. The fraction of sp³-hybridized carbons (Fsp3) is 0.379. The van der Waals surface area contributed by atoms with E-state index in [9.17, 15) is 0 Å². The lowest BCUT2D eigenvalue weighted by molar-refractivity contribution is 0.146. The van der Waals surface area contributed by atoms with E-state index in [1.54, 1.807) is 7.11 Å². The number of rotatable bonds is 14. The van der Waals surface area contributed by atoms with Crippen molar-refractivity contribution in [2.45, 2.75) is 25.0 Å². The van der Waals surface area contributed by atoms with Gasteiger partial charge in [0.1, 0.15) is 49.3 Å². The van der Waals surface area contributed by atoms with Crippen molar-refractivity contribution in [1.29, 1.82) is 0 Å². The molecule has 6 nitrogen and oxygen atoms in total. The minimum Gasteiger partial charge on any atom is -0.491 e. The van der Waals surface area contributed by atoms with E-state index in [-0.39, 0.29) is 12.2 Å². The van der Waals surface area contributed by atoms with Gasteiger partial charge in [-0.15, -0.1) is 0 Å². The maximum absolute atomic E-state index is 6.11. The van der Waals surface area contributed by atoms with Crippen LogP contribution < -0.4 is 14.2 Å². The first kappa shape index (κ1) is 23.7. The molecule has 5 rings (SSSR count). The van der Waals surface area contributed by atoms with Crippen molar-refractivity contribution in [3.63, 3.8) is 0 Å². The summed E-state index contributed by atoms with van der Waals surface area (Å²) in [6, 6.07) is 23.0. The molecule has 2 fully saturated rings. The highest BCUT2D eigenvalue weighted by Gasteiger charge is 2.23. The summed E-state index contributed by atoms with van der Waals surface area (Å²) in [4.78, 5) is 0. The van der Waals surface area contributed by atoms with Crippen LogP contribution in [0, 0.1) is 0 Å². The second-order valence-corrected chi connectivity index (χ2v) is 8.96. The molecule has 0 amide bonds. The fourth-order valence-electron chi connectivity index (χ4n) is 3.79. The third kappa shape index (κ3) is 7.46. The predicted molar refractivity (Wildman–Crippen MR) is 133 cm³/mol. The molecule has 2 aliphatic heterocycles. The lowest BCUT2D eigenvalue weighted by Crippen LogP contribution is -2.07. The summed E-state index contributed by atoms with van der Waals surface area (Å²) < 4.78 is 33.2. The van der Waals surface area contributed by atoms with E-state index in [2.05, 4.69) is 42.5 Å². The average molecular weight is 477 g/mol. The molecule has 0 aliphatic carbocycles. The predicted octanol–water partition coefficient (Wildman–Crippen LogP) is 4.45. The average Bonchev–Trinajstić information content (AvgIpc) is 3.80. The Labute approximate surface area is 206 Å². The van der Waals surface area contributed by atoms with Crippen molar-refractivity contribution in [2.24, 2.45) is 0 Å². The Morgan fingerprint density at radius 1 is 0.657 bits per heavy atom. The van der Waals surface area contributed by atoms with E-state index < -0.39 is 0 Å². The molecule has 35 heavy (non-hydrogen) atoms. The van der Waals surface area contributed by atoms with E-state index >= 15 is 0 Å². The van der Waals surface area contributed by atoms with Crippen LogP contribution in [0.3, 0.4) is 0 Å². The number of hydrogen-bond acceptors (Lipinski definition) is 6.